The molecule has 0 unspecified atom stereocenters. The van der Waals surface area contributed by atoms with Gasteiger partial charge in [0.05, 0.1) is 27.7 Å². The largest absolute Gasteiger partial charge is 0.444 e. The van der Waals surface area contributed by atoms with Crippen LogP contribution in [0.15, 0.2) is 0 Å². The van der Waals surface area contributed by atoms with Gasteiger partial charge < -0.3 is 24.8 Å². The van der Waals surface area contributed by atoms with Crippen LogP contribution in [0.4, 0.5) is 4.79 Å². The van der Waals surface area contributed by atoms with Gasteiger partial charge >= 0.3 is 12.1 Å². The Hall–Kier alpha value is -1.16. The molecule has 2 N–H and O–H groups in total. The Morgan fingerprint density at radius 2 is 1.44 bits per heavy atom. The number of esters is 1. The lowest BCUT2D eigenvalue weighted by molar-refractivity contribution is -0.135. The molecule has 2 amide bonds. The second-order valence-corrected chi connectivity index (χ2v) is 9.32. The predicted octanol–water partition coefficient (Wildman–Crippen LogP) is 5.30. The van der Waals surface area contributed by atoms with Gasteiger partial charge in [-0.3, -0.25) is 9.59 Å². The summed E-state index contributed by atoms with van der Waals surface area (Å²) in [5, 5.41) is 4.39. The first-order valence-corrected chi connectivity index (χ1v) is 11.1. The maximum atomic E-state index is 12.2. The maximum absolute atomic E-state index is 12.2. The Morgan fingerprint density at radius 3 is 1.94 bits per heavy atom. The summed E-state index contributed by atoms with van der Waals surface area (Å²) in [7, 11) is 1.42. The Bertz CT molecular complexity index is 831. The highest BCUT2D eigenvalue weighted by atomic mass is 35.5. The molecule has 0 fully saturated rings. The van der Waals surface area contributed by atoms with Crippen LogP contribution in [0.1, 0.15) is 33.6 Å². The van der Waals surface area contributed by atoms with Crippen molar-refractivity contribution in [2.45, 2.75) is 45.3 Å². The van der Waals surface area contributed by atoms with Gasteiger partial charge in [-0.05, 0) is 27.2 Å². The SMILES string of the molecule is CO[C@@H](CCC(=O)Oc1c(Cl)c(Cl)c(Cl)c(Cl)c1Cl)CNC(=O)CNC(=O)OC(C)(C)C. The fourth-order valence-electron chi connectivity index (χ4n) is 2.18. The molecule has 0 aliphatic rings. The molecule has 0 aliphatic carbocycles. The summed E-state index contributed by atoms with van der Waals surface area (Å²) in [6.07, 6.45) is -1.09. The molecule has 8 nitrogen and oxygen atoms in total. The van der Waals surface area contributed by atoms with E-state index >= 15 is 0 Å². The van der Waals surface area contributed by atoms with Crippen LogP contribution in [0, 0.1) is 0 Å². The highest BCUT2D eigenvalue weighted by Crippen LogP contribution is 2.48. The molecule has 0 aromatic heterocycles. The van der Waals surface area contributed by atoms with Gasteiger partial charge in [-0.15, -0.1) is 0 Å². The first-order valence-electron chi connectivity index (χ1n) is 9.25. The van der Waals surface area contributed by atoms with Crippen LogP contribution in [0.2, 0.25) is 25.1 Å². The van der Waals surface area contributed by atoms with Crippen LogP contribution in [0.5, 0.6) is 5.75 Å². The Morgan fingerprint density at radius 1 is 0.906 bits per heavy atom. The van der Waals surface area contributed by atoms with E-state index in [0.29, 0.717) is 0 Å². The van der Waals surface area contributed by atoms with E-state index < -0.39 is 29.7 Å². The Balaban J connectivity index is 2.51. The van der Waals surface area contributed by atoms with Crippen LogP contribution in [-0.2, 0) is 19.1 Å². The van der Waals surface area contributed by atoms with Crippen molar-refractivity contribution in [1.82, 2.24) is 10.6 Å². The molecule has 180 valence electrons. The van der Waals surface area contributed by atoms with Crippen LogP contribution in [0.25, 0.3) is 0 Å². The summed E-state index contributed by atoms with van der Waals surface area (Å²) in [5.41, 5.74) is -0.673. The number of hydrogen-bond donors (Lipinski definition) is 2. The summed E-state index contributed by atoms with van der Waals surface area (Å²) < 4.78 is 15.5. The minimum atomic E-state index is -0.710. The van der Waals surface area contributed by atoms with E-state index in [1.54, 1.807) is 20.8 Å². The zero-order valence-electron chi connectivity index (χ0n) is 17.7. The second-order valence-electron chi connectivity index (χ2n) is 7.43. The molecule has 1 rings (SSSR count). The number of carbonyl (C=O) groups excluding carboxylic acids is 3. The van der Waals surface area contributed by atoms with E-state index in [-0.39, 0.29) is 56.8 Å². The van der Waals surface area contributed by atoms with Gasteiger partial charge in [-0.25, -0.2) is 4.79 Å². The monoisotopic (exact) mass is 550 g/mol. The molecule has 1 atom stereocenters. The lowest BCUT2D eigenvalue weighted by Crippen LogP contribution is -2.42. The van der Waals surface area contributed by atoms with E-state index in [2.05, 4.69) is 10.6 Å². The molecular formula is C19H23Cl5N2O6. The number of hydrogen-bond acceptors (Lipinski definition) is 6. The van der Waals surface area contributed by atoms with Gasteiger partial charge in [0, 0.05) is 20.1 Å². The van der Waals surface area contributed by atoms with Crippen molar-refractivity contribution in [2.75, 3.05) is 20.2 Å². The molecular weight excluding hydrogens is 529 g/mol. The van der Waals surface area contributed by atoms with Crippen LogP contribution in [0.3, 0.4) is 0 Å². The fourth-order valence-corrected chi connectivity index (χ4v) is 3.38. The average Bonchev–Trinajstić information content (AvgIpc) is 2.71. The van der Waals surface area contributed by atoms with E-state index in [4.69, 9.17) is 72.2 Å². The average molecular weight is 553 g/mol. The molecule has 13 heteroatoms. The highest BCUT2D eigenvalue weighted by Gasteiger charge is 2.23. The molecule has 0 saturated heterocycles. The molecule has 0 saturated carbocycles. The van der Waals surface area contributed by atoms with Crippen molar-refractivity contribution < 1.29 is 28.6 Å². The molecule has 0 bridgehead atoms. The Kier molecular flexibility index (Phi) is 11.7. The van der Waals surface area contributed by atoms with E-state index in [0.717, 1.165) is 0 Å². The summed E-state index contributed by atoms with van der Waals surface area (Å²) in [6, 6.07) is 0. The molecule has 0 aliphatic heterocycles. The molecule has 1 aromatic rings. The van der Waals surface area contributed by atoms with Crippen molar-refractivity contribution >= 4 is 76.0 Å². The summed E-state index contributed by atoms with van der Waals surface area (Å²) >= 11 is 29.9. The molecule has 0 spiro atoms. The van der Waals surface area contributed by atoms with Crippen molar-refractivity contribution in [1.29, 1.82) is 0 Å². The minimum absolute atomic E-state index is 0.0560. The lowest BCUT2D eigenvalue weighted by atomic mass is 10.2. The number of rotatable bonds is 9. The van der Waals surface area contributed by atoms with Crippen LogP contribution < -0.4 is 15.4 Å². The Labute approximate surface area is 211 Å². The first-order chi connectivity index (χ1) is 14.8. The third-order valence-electron chi connectivity index (χ3n) is 3.71. The third kappa shape index (κ3) is 9.37. The topological polar surface area (TPSA) is 103 Å². The molecule has 1 aromatic carbocycles. The summed E-state index contributed by atoms with van der Waals surface area (Å²) in [6.45, 7) is 4.94. The molecule has 0 heterocycles. The number of carbonyl (C=O) groups is 3. The van der Waals surface area contributed by atoms with Crippen molar-refractivity contribution in [2.24, 2.45) is 0 Å². The third-order valence-corrected chi connectivity index (χ3v) is 5.95. The van der Waals surface area contributed by atoms with E-state index in [1.165, 1.54) is 7.11 Å². The van der Waals surface area contributed by atoms with Gasteiger partial charge in [-0.1, -0.05) is 58.0 Å². The maximum Gasteiger partial charge on any atom is 0.408 e. The van der Waals surface area contributed by atoms with E-state index in [1.807, 2.05) is 0 Å². The number of nitrogens with one attached hydrogen (secondary N) is 2. The van der Waals surface area contributed by atoms with Crippen LogP contribution >= 0.6 is 58.0 Å². The number of ether oxygens (including phenoxy) is 3. The van der Waals surface area contributed by atoms with Gasteiger partial charge in [-0.2, -0.15) is 0 Å². The molecule has 32 heavy (non-hydrogen) atoms. The van der Waals surface area contributed by atoms with Gasteiger partial charge in [0.1, 0.15) is 15.6 Å². The highest BCUT2D eigenvalue weighted by molar-refractivity contribution is 6.55. The number of halogens is 5. The second kappa shape index (κ2) is 12.9. The van der Waals surface area contributed by atoms with Gasteiger partial charge in [0.25, 0.3) is 0 Å². The smallest absolute Gasteiger partial charge is 0.408 e. The number of benzene rings is 1. The van der Waals surface area contributed by atoms with Gasteiger partial charge in [0.15, 0.2) is 5.75 Å². The minimum Gasteiger partial charge on any atom is -0.444 e. The zero-order valence-corrected chi connectivity index (χ0v) is 21.5. The normalized spacial score (nSPS) is 12.2. The quantitative estimate of drug-likeness (QED) is 0.187. The lowest BCUT2D eigenvalue weighted by Gasteiger charge is -2.20. The predicted molar refractivity (Wildman–Crippen MR) is 124 cm³/mol. The number of amides is 2. The van der Waals surface area contributed by atoms with Crippen LogP contribution in [-0.4, -0.2) is 49.9 Å². The van der Waals surface area contributed by atoms with Gasteiger partial charge in [0.2, 0.25) is 5.91 Å². The summed E-state index contributed by atoms with van der Waals surface area (Å²) in [4.78, 5) is 35.7. The first kappa shape index (κ1) is 28.9. The van der Waals surface area contributed by atoms with E-state index in [9.17, 15) is 14.4 Å². The van der Waals surface area contributed by atoms with Crippen molar-refractivity contribution in [3.63, 3.8) is 0 Å². The summed E-state index contributed by atoms with van der Waals surface area (Å²) in [5.74, 6) is -1.33. The number of alkyl carbamates (subject to hydrolysis) is 1. The molecule has 0 radical (unpaired) electrons. The van der Waals surface area contributed by atoms with Crippen molar-refractivity contribution in [3.8, 4) is 5.75 Å². The van der Waals surface area contributed by atoms with Crippen molar-refractivity contribution in [3.05, 3.63) is 25.1 Å². The standard InChI is InChI=1S/C19H23Cl5N2O6/c1-19(2,3)32-18(29)26-8-10(27)25-7-9(30-4)5-6-11(28)31-17-15(23)13(21)12(20)14(22)16(17)24/h9H,5-8H2,1-4H3,(H,25,27)(H,26,29)/t9-/m0/s1. The number of methoxy groups -OCH3 is 1. The zero-order chi connectivity index (χ0) is 24.6. The fraction of sp³-hybridized carbons (Fsp3) is 0.526.